The lowest BCUT2D eigenvalue weighted by molar-refractivity contribution is -0.256. The highest BCUT2D eigenvalue weighted by molar-refractivity contribution is 7.98. The SMILES string of the molecule is C=CCCOC(=O)N(Cc1ccc(F)cc1)C1CC(=NOC(C)(C)C)C2=CC(CCCCO)C(CCCCO)C3c4cc(Oc5ccc(SC)cc5)ccc4OC1(OCC=C)C23. The molecule has 10 nitrogen and oxygen atoms in total. The summed E-state index contributed by atoms with van der Waals surface area (Å²) in [5.41, 5.74) is 2.57. The van der Waals surface area contributed by atoms with Crippen LogP contribution in [-0.4, -0.2) is 77.0 Å². The number of nitrogens with zero attached hydrogens (tertiary/aromatic N) is 2. The summed E-state index contributed by atoms with van der Waals surface area (Å²) in [6.07, 6.45) is 12.3. The Hall–Kier alpha value is -4.62. The predicted octanol–water partition coefficient (Wildman–Crippen LogP) is 11.0. The molecular weight excluding hydrogens is 808 g/mol. The average molecular weight is 871 g/mol. The van der Waals surface area contributed by atoms with Gasteiger partial charge in [0.1, 0.15) is 34.7 Å². The van der Waals surface area contributed by atoms with Crippen molar-refractivity contribution < 1.29 is 43.2 Å². The van der Waals surface area contributed by atoms with Crippen molar-refractivity contribution in [2.24, 2.45) is 22.9 Å². The van der Waals surface area contributed by atoms with Gasteiger partial charge in [0.25, 0.3) is 0 Å². The zero-order valence-electron chi connectivity index (χ0n) is 36.6. The minimum absolute atomic E-state index is 0.0214. The number of hydrogen-bond donors (Lipinski definition) is 2. The fourth-order valence-electron chi connectivity index (χ4n) is 9.08. The maximum absolute atomic E-state index is 14.6. The lowest BCUT2D eigenvalue weighted by Crippen LogP contribution is -2.70. The number of carbonyl (C=O) groups is 1. The number of aliphatic hydroxyl groups is 2. The molecule has 0 aromatic heterocycles. The number of allylic oxidation sites excluding steroid dienone is 1. The molecule has 0 saturated heterocycles. The number of hydrogen-bond acceptors (Lipinski definition) is 10. The second-order valence-electron chi connectivity index (χ2n) is 17.2. The second-order valence-corrected chi connectivity index (χ2v) is 18.1. The highest BCUT2D eigenvalue weighted by atomic mass is 32.2. The first-order valence-corrected chi connectivity index (χ1v) is 23.0. The fraction of sp³-hybridized carbons (Fsp3) is 0.480. The van der Waals surface area contributed by atoms with Crippen molar-refractivity contribution in [3.63, 3.8) is 0 Å². The van der Waals surface area contributed by atoms with E-state index < -0.39 is 29.4 Å². The normalized spacial score (nSPS) is 23.3. The summed E-state index contributed by atoms with van der Waals surface area (Å²) in [6.45, 7) is 14.1. The molecule has 3 aromatic carbocycles. The number of oxime groups is 1. The number of carbonyl (C=O) groups excluding carboxylic acids is 1. The molecule has 62 heavy (non-hydrogen) atoms. The van der Waals surface area contributed by atoms with Gasteiger partial charge in [0.05, 0.1) is 24.8 Å². The number of rotatable bonds is 21. The third-order valence-electron chi connectivity index (χ3n) is 11.8. The van der Waals surface area contributed by atoms with Crippen LogP contribution in [0.2, 0.25) is 0 Å². The van der Waals surface area contributed by atoms with Crippen LogP contribution in [0.1, 0.15) is 89.2 Å². The number of aliphatic hydroxyl groups excluding tert-OH is 2. The van der Waals surface area contributed by atoms with Gasteiger partial charge in [0.15, 0.2) is 0 Å². The van der Waals surface area contributed by atoms with Gasteiger partial charge in [0.2, 0.25) is 5.79 Å². The molecule has 3 aliphatic rings. The van der Waals surface area contributed by atoms with E-state index in [0.29, 0.717) is 47.8 Å². The molecule has 2 aliphatic carbocycles. The molecule has 334 valence electrons. The van der Waals surface area contributed by atoms with Gasteiger partial charge in [-0.15, -0.1) is 24.9 Å². The molecule has 1 saturated carbocycles. The smallest absolute Gasteiger partial charge is 0.410 e. The Morgan fingerprint density at radius 2 is 1.69 bits per heavy atom. The van der Waals surface area contributed by atoms with E-state index in [-0.39, 0.29) is 63.0 Å². The molecule has 6 atom stereocenters. The largest absolute Gasteiger partial charge is 0.459 e. The van der Waals surface area contributed by atoms with Gasteiger partial charge < -0.3 is 34.0 Å². The topological polar surface area (TPSA) is 119 Å². The quantitative estimate of drug-likeness (QED) is 0.0467. The van der Waals surface area contributed by atoms with Crippen LogP contribution in [0.5, 0.6) is 17.2 Å². The van der Waals surface area contributed by atoms with E-state index in [4.69, 9.17) is 28.9 Å². The first-order valence-electron chi connectivity index (χ1n) is 21.8. The molecule has 6 unspecified atom stereocenters. The van der Waals surface area contributed by atoms with E-state index in [1.165, 1.54) is 12.1 Å². The molecule has 1 aliphatic heterocycles. The predicted molar refractivity (Wildman–Crippen MR) is 242 cm³/mol. The molecule has 6 rings (SSSR count). The van der Waals surface area contributed by atoms with Crippen molar-refractivity contribution in [1.29, 1.82) is 0 Å². The zero-order chi connectivity index (χ0) is 44.3. The van der Waals surface area contributed by atoms with Gasteiger partial charge in [-0.2, -0.15) is 0 Å². The van der Waals surface area contributed by atoms with E-state index in [1.807, 2.05) is 63.4 Å². The number of unbranched alkanes of at least 4 members (excludes halogenated alkanes) is 2. The standard InChI is InChI=1S/C50H63FN2O8S/c1-7-9-29-57-48(56)53(33-34-16-18-36(51)19-17-34)45-32-43(52-61-49(3,4)5)41-30-35(14-10-12-26-54)40(15-11-13-27-55)46-42-31-38(59-37-20-23-39(62-6)24-21-37)22-25-44(42)60-50(45,47(41)46)58-28-8-2/h7-8,16-25,30-31,35,40,45-47,54-55H,1-2,9-15,26-29,32-33H2,3-6H3. The Balaban J connectivity index is 1.61. The van der Waals surface area contributed by atoms with Crippen molar-refractivity contribution in [2.45, 2.75) is 107 Å². The maximum Gasteiger partial charge on any atom is 0.410 e. The summed E-state index contributed by atoms with van der Waals surface area (Å²) in [4.78, 5) is 23.6. The summed E-state index contributed by atoms with van der Waals surface area (Å²) in [6, 6.07) is 19.1. The third kappa shape index (κ3) is 11.1. The lowest BCUT2D eigenvalue weighted by atomic mass is 9.55. The van der Waals surface area contributed by atoms with Gasteiger partial charge in [-0.05, 0) is 137 Å². The van der Waals surface area contributed by atoms with Gasteiger partial charge >= 0.3 is 6.09 Å². The van der Waals surface area contributed by atoms with Crippen molar-refractivity contribution in [3.05, 3.63) is 121 Å². The van der Waals surface area contributed by atoms with Crippen molar-refractivity contribution in [2.75, 3.05) is 32.7 Å². The molecule has 0 spiro atoms. The van der Waals surface area contributed by atoms with Crippen LogP contribution >= 0.6 is 11.8 Å². The number of thioether (sulfide) groups is 1. The Kier molecular flexibility index (Phi) is 16.4. The van der Waals surface area contributed by atoms with Gasteiger partial charge in [-0.1, -0.05) is 48.4 Å². The van der Waals surface area contributed by atoms with Gasteiger partial charge in [-0.3, -0.25) is 4.90 Å². The van der Waals surface area contributed by atoms with Crippen molar-refractivity contribution >= 4 is 23.6 Å². The number of halogens is 1. The van der Waals surface area contributed by atoms with E-state index >= 15 is 0 Å². The number of fused-ring (bicyclic) bond motifs is 2. The first kappa shape index (κ1) is 46.9. The van der Waals surface area contributed by atoms with Gasteiger partial charge in [0, 0.05) is 42.6 Å². The van der Waals surface area contributed by atoms with E-state index in [2.05, 4.69) is 25.3 Å². The van der Waals surface area contributed by atoms with Crippen LogP contribution in [0.4, 0.5) is 9.18 Å². The maximum atomic E-state index is 14.6. The van der Waals surface area contributed by atoms with Crippen LogP contribution in [0.25, 0.3) is 0 Å². The number of benzene rings is 3. The number of amides is 1. The lowest BCUT2D eigenvalue weighted by Gasteiger charge is -2.60. The molecule has 1 fully saturated rings. The molecule has 12 heteroatoms. The highest BCUT2D eigenvalue weighted by Crippen LogP contribution is 2.62. The molecule has 2 N–H and O–H groups in total. The van der Waals surface area contributed by atoms with Crippen LogP contribution in [0.15, 0.2) is 114 Å². The van der Waals surface area contributed by atoms with Crippen molar-refractivity contribution in [3.8, 4) is 17.2 Å². The van der Waals surface area contributed by atoms with Crippen LogP contribution in [-0.2, 0) is 20.9 Å². The summed E-state index contributed by atoms with van der Waals surface area (Å²) in [5, 5.41) is 24.8. The summed E-state index contributed by atoms with van der Waals surface area (Å²) in [7, 11) is 0. The zero-order valence-corrected chi connectivity index (χ0v) is 37.4. The van der Waals surface area contributed by atoms with Crippen molar-refractivity contribution in [1.82, 2.24) is 4.90 Å². The molecule has 0 bridgehead atoms. The van der Waals surface area contributed by atoms with E-state index in [9.17, 15) is 19.4 Å². The minimum Gasteiger partial charge on any atom is -0.459 e. The highest BCUT2D eigenvalue weighted by Gasteiger charge is 2.65. The molecule has 0 radical (unpaired) electrons. The van der Waals surface area contributed by atoms with Gasteiger partial charge in [-0.25, -0.2) is 9.18 Å². The summed E-state index contributed by atoms with van der Waals surface area (Å²) < 4.78 is 41.2. The number of ether oxygens (including phenoxy) is 4. The Morgan fingerprint density at radius 3 is 2.35 bits per heavy atom. The van der Waals surface area contributed by atoms with Crippen LogP contribution in [0, 0.1) is 23.6 Å². The van der Waals surface area contributed by atoms with Crippen LogP contribution in [0.3, 0.4) is 0 Å². The Bertz CT molecular complexity index is 2030. The van der Waals surface area contributed by atoms with E-state index in [1.54, 1.807) is 40.9 Å². The van der Waals surface area contributed by atoms with E-state index in [0.717, 1.165) is 41.7 Å². The third-order valence-corrected chi connectivity index (χ3v) is 12.5. The second kappa shape index (κ2) is 21.6. The molecular formula is C50H63FN2O8S. The molecule has 1 heterocycles. The summed E-state index contributed by atoms with van der Waals surface area (Å²) in [5.74, 6) is -0.657. The van der Waals surface area contributed by atoms with Crippen LogP contribution < -0.4 is 9.47 Å². The minimum atomic E-state index is -1.50. The molecule has 1 amide bonds. The Morgan fingerprint density at radius 1 is 0.984 bits per heavy atom. The Labute approximate surface area is 370 Å². The average Bonchev–Trinajstić information content (AvgIpc) is 3.26. The molecule has 3 aromatic rings. The first-order chi connectivity index (χ1) is 29.9. The monoisotopic (exact) mass is 870 g/mol. The summed E-state index contributed by atoms with van der Waals surface area (Å²) >= 11 is 1.66. The fourth-order valence-corrected chi connectivity index (χ4v) is 9.49.